The van der Waals surface area contributed by atoms with Gasteiger partial charge >= 0.3 is 0 Å². The molecule has 0 radical (unpaired) electrons. The average molecular weight is 299 g/mol. The molecule has 0 saturated carbocycles. The van der Waals surface area contributed by atoms with Crippen LogP contribution in [0, 0.1) is 17.0 Å². The zero-order valence-electron chi connectivity index (χ0n) is 11.2. The fourth-order valence-corrected chi connectivity index (χ4v) is 2.49. The molecule has 3 rings (SSSR count). The summed E-state index contributed by atoms with van der Waals surface area (Å²) in [6.45, 7) is 1.97. The molecule has 2 aromatic carbocycles. The van der Waals surface area contributed by atoms with Crippen LogP contribution in [-0.4, -0.2) is 9.91 Å². The summed E-state index contributed by atoms with van der Waals surface area (Å²) in [5, 5.41) is 12.5. The Hall–Kier alpha value is -2.46. The van der Waals surface area contributed by atoms with Gasteiger partial charge in [0.15, 0.2) is 0 Å². The Morgan fingerprint density at radius 2 is 1.86 bits per heavy atom. The molecule has 0 aliphatic heterocycles. The van der Waals surface area contributed by atoms with Crippen LogP contribution in [0.25, 0.3) is 22.0 Å². The first-order chi connectivity index (χ1) is 10.1. The summed E-state index contributed by atoms with van der Waals surface area (Å²) in [6, 6.07) is 12.8. The fourth-order valence-electron chi connectivity index (χ4n) is 2.32. The SMILES string of the molecule is Cc1ccc(-c2c([N+](=O)[O-])cnc3ccc(Cl)cc23)cc1. The third-order valence-corrected chi connectivity index (χ3v) is 3.58. The summed E-state index contributed by atoms with van der Waals surface area (Å²) in [6.07, 6.45) is 1.30. The molecule has 0 unspecified atom stereocenters. The molecule has 0 aliphatic carbocycles. The third kappa shape index (κ3) is 2.45. The van der Waals surface area contributed by atoms with E-state index in [1.807, 2.05) is 31.2 Å². The van der Waals surface area contributed by atoms with E-state index >= 15 is 0 Å². The molecule has 0 fully saturated rings. The number of fused-ring (bicyclic) bond motifs is 1. The van der Waals surface area contributed by atoms with Gasteiger partial charge in [-0.15, -0.1) is 0 Å². The maximum Gasteiger partial charge on any atom is 0.295 e. The highest BCUT2D eigenvalue weighted by Gasteiger charge is 2.19. The molecule has 0 atom stereocenters. The molecule has 0 saturated heterocycles. The van der Waals surface area contributed by atoms with Crippen LogP contribution in [0.4, 0.5) is 5.69 Å². The first-order valence-corrected chi connectivity index (χ1v) is 6.74. The summed E-state index contributed by atoms with van der Waals surface area (Å²) < 4.78 is 0. The van der Waals surface area contributed by atoms with Crippen LogP contribution in [0.1, 0.15) is 5.56 Å². The number of benzene rings is 2. The quantitative estimate of drug-likeness (QED) is 0.505. The average Bonchev–Trinajstić information content (AvgIpc) is 2.47. The van der Waals surface area contributed by atoms with Crippen molar-refractivity contribution in [1.82, 2.24) is 4.98 Å². The van der Waals surface area contributed by atoms with Gasteiger partial charge in [0.05, 0.1) is 16.0 Å². The third-order valence-electron chi connectivity index (χ3n) is 3.35. The number of rotatable bonds is 2. The van der Waals surface area contributed by atoms with Crippen molar-refractivity contribution in [1.29, 1.82) is 0 Å². The maximum atomic E-state index is 11.3. The Morgan fingerprint density at radius 3 is 2.52 bits per heavy atom. The molecule has 0 aliphatic rings. The first kappa shape index (κ1) is 13.5. The van der Waals surface area contributed by atoms with Gasteiger partial charge in [0.2, 0.25) is 0 Å². The molecule has 1 aromatic heterocycles. The lowest BCUT2D eigenvalue weighted by Gasteiger charge is -2.08. The van der Waals surface area contributed by atoms with Crippen LogP contribution in [-0.2, 0) is 0 Å². The smallest absolute Gasteiger partial charge is 0.258 e. The van der Waals surface area contributed by atoms with Crippen LogP contribution in [0.3, 0.4) is 0 Å². The van der Waals surface area contributed by atoms with E-state index in [2.05, 4.69) is 4.98 Å². The van der Waals surface area contributed by atoms with Crippen LogP contribution >= 0.6 is 11.6 Å². The zero-order valence-corrected chi connectivity index (χ0v) is 12.0. The minimum absolute atomic E-state index is 0.0198. The van der Waals surface area contributed by atoms with E-state index in [-0.39, 0.29) is 5.69 Å². The van der Waals surface area contributed by atoms with E-state index in [0.717, 1.165) is 11.1 Å². The highest BCUT2D eigenvalue weighted by atomic mass is 35.5. The summed E-state index contributed by atoms with van der Waals surface area (Å²) in [7, 11) is 0. The largest absolute Gasteiger partial charge is 0.295 e. The molecular formula is C16H11ClN2O2. The normalized spacial score (nSPS) is 10.8. The standard InChI is InChI=1S/C16H11ClN2O2/c1-10-2-4-11(5-3-10)16-13-8-12(17)6-7-14(13)18-9-15(16)19(20)21/h2-9H,1H3. The van der Waals surface area contributed by atoms with Gasteiger partial charge in [0.1, 0.15) is 6.20 Å². The van der Waals surface area contributed by atoms with E-state index < -0.39 is 4.92 Å². The van der Waals surface area contributed by atoms with Gasteiger partial charge in [0, 0.05) is 10.4 Å². The lowest BCUT2D eigenvalue weighted by atomic mass is 9.99. The van der Waals surface area contributed by atoms with E-state index in [1.165, 1.54) is 6.20 Å². The molecule has 104 valence electrons. The van der Waals surface area contributed by atoms with E-state index in [0.29, 0.717) is 21.5 Å². The van der Waals surface area contributed by atoms with E-state index in [9.17, 15) is 10.1 Å². The van der Waals surface area contributed by atoms with E-state index in [4.69, 9.17) is 11.6 Å². The van der Waals surface area contributed by atoms with Gasteiger partial charge in [-0.25, -0.2) is 4.98 Å². The predicted molar refractivity (Wildman–Crippen MR) is 83.6 cm³/mol. The predicted octanol–water partition coefficient (Wildman–Crippen LogP) is 4.77. The van der Waals surface area contributed by atoms with Crippen molar-refractivity contribution >= 4 is 28.2 Å². The van der Waals surface area contributed by atoms with Crippen molar-refractivity contribution in [3.05, 3.63) is 69.4 Å². The number of aryl methyl sites for hydroxylation is 1. The summed E-state index contributed by atoms with van der Waals surface area (Å²) in [5.41, 5.74) is 3.08. The minimum atomic E-state index is -0.414. The van der Waals surface area contributed by atoms with Crippen molar-refractivity contribution in [3.8, 4) is 11.1 Å². The van der Waals surface area contributed by atoms with Crippen LogP contribution < -0.4 is 0 Å². The molecule has 0 bridgehead atoms. The van der Waals surface area contributed by atoms with Crippen LogP contribution in [0.15, 0.2) is 48.7 Å². The Labute approximate surface area is 126 Å². The Kier molecular flexibility index (Phi) is 3.31. The molecular weight excluding hydrogens is 288 g/mol. The Morgan fingerprint density at radius 1 is 1.14 bits per heavy atom. The van der Waals surface area contributed by atoms with Crippen molar-refractivity contribution in [3.63, 3.8) is 0 Å². The maximum absolute atomic E-state index is 11.3. The number of pyridine rings is 1. The van der Waals surface area contributed by atoms with Crippen LogP contribution in [0.2, 0.25) is 5.02 Å². The van der Waals surface area contributed by atoms with Gasteiger partial charge in [-0.05, 0) is 30.7 Å². The monoisotopic (exact) mass is 298 g/mol. The van der Waals surface area contributed by atoms with Gasteiger partial charge in [-0.2, -0.15) is 0 Å². The van der Waals surface area contributed by atoms with Gasteiger partial charge < -0.3 is 0 Å². The molecule has 0 spiro atoms. The second kappa shape index (κ2) is 5.14. The van der Waals surface area contributed by atoms with Gasteiger partial charge in [0.25, 0.3) is 5.69 Å². The number of hydrogen-bond acceptors (Lipinski definition) is 3. The van der Waals surface area contributed by atoms with Crippen LogP contribution in [0.5, 0.6) is 0 Å². The molecule has 0 N–H and O–H groups in total. The number of nitrogens with zero attached hydrogens (tertiary/aromatic N) is 2. The highest BCUT2D eigenvalue weighted by molar-refractivity contribution is 6.31. The second-order valence-corrected chi connectivity index (χ2v) is 5.24. The number of halogens is 1. The van der Waals surface area contributed by atoms with Crippen molar-refractivity contribution < 1.29 is 4.92 Å². The first-order valence-electron chi connectivity index (χ1n) is 6.36. The van der Waals surface area contributed by atoms with Gasteiger partial charge in [-0.1, -0.05) is 41.4 Å². The van der Waals surface area contributed by atoms with Gasteiger partial charge in [-0.3, -0.25) is 10.1 Å². The highest BCUT2D eigenvalue weighted by Crippen LogP contribution is 2.36. The summed E-state index contributed by atoms with van der Waals surface area (Å²) >= 11 is 6.04. The number of aromatic nitrogens is 1. The van der Waals surface area contributed by atoms with Crippen molar-refractivity contribution in [2.45, 2.75) is 6.92 Å². The second-order valence-electron chi connectivity index (χ2n) is 4.80. The number of hydrogen-bond donors (Lipinski definition) is 0. The van der Waals surface area contributed by atoms with Crippen molar-refractivity contribution in [2.75, 3.05) is 0 Å². The molecule has 4 nitrogen and oxygen atoms in total. The number of nitro groups is 1. The topological polar surface area (TPSA) is 56.0 Å². The lowest BCUT2D eigenvalue weighted by molar-refractivity contribution is -0.384. The summed E-state index contributed by atoms with van der Waals surface area (Å²) in [4.78, 5) is 15.1. The fraction of sp³-hybridized carbons (Fsp3) is 0.0625. The Bertz CT molecular complexity index is 845. The lowest BCUT2D eigenvalue weighted by Crippen LogP contribution is -1.95. The molecule has 0 amide bonds. The molecule has 3 aromatic rings. The zero-order chi connectivity index (χ0) is 15.0. The van der Waals surface area contributed by atoms with Crippen molar-refractivity contribution in [2.24, 2.45) is 0 Å². The Balaban J connectivity index is 2.40. The molecule has 5 heteroatoms. The molecule has 21 heavy (non-hydrogen) atoms. The van der Waals surface area contributed by atoms with E-state index in [1.54, 1.807) is 18.2 Å². The summed E-state index contributed by atoms with van der Waals surface area (Å²) in [5.74, 6) is 0. The minimum Gasteiger partial charge on any atom is -0.258 e. The molecule has 1 heterocycles.